The van der Waals surface area contributed by atoms with E-state index in [0.29, 0.717) is 24.6 Å². The number of nitrogens with zero attached hydrogens (tertiary/aromatic N) is 13. The first kappa shape index (κ1) is 47.1. The van der Waals surface area contributed by atoms with Crippen molar-refractivity contribution in [1.29, 1.82) is 0 Å². The number of hydrogen-bond acceptors (Lipinski definition) is 9. The van der Waals surface area contributed by atoms with Crippen molar-refractivity contribution in [1.82, 2.24) is 62.6 Å². The first-order chi connectivity index (χ1) is 32.1. The second-order valence-corrected chi connectivity index (χ2v) is 17.5. The van der Waals surface area contributed by atoms with Gasteiger partial charge in [-0.25, -0.2) is 14.5 Å². The Morgan fingerprint density at radius 1 is 0.456 bits per heavy atom. The van der Waals surface area contributed by atoms with Crippen LogP contribution in [0, 0.1) is 48.5 Å². The predicted octanol–water partition coefficient (Wildman–Crippen LogP) is 7.43. The monoisotopic (exact) mass is 919 g/mol. The highest BCUT2D eigenvalue weighted by Crippen LogP contribution is 2.31. The number of aromatic nitrogens is 9. The van der Waals surface area contributed by atoms with Gasteiger partial charge in [0.2, 0.25) is 0 Å². The Morgan fingerprint density at radius 3 is 1.43 bits per heavy atom. The van der Waals surface area contributed by atoms with Gasteiger partial charge >= 0.3 is 0 Å². The molecule has 4 aliphatic rings. The fourth-order valence-corrected chi connectivity index (χ4v) is 9.72. The van der Waals surface area contributed by atoms with Crippen LogP contribution in [0.15, 0.2) is 48.5 Å². The first-order valence-corrected chi connectivity index (χ1v) is 23.1. The zero-order valence-corrected chi connectivity index (χ0v) is 40.2. The Labute approximate surface area is 396 Å². The van der Waals surface area contributed by atoms with Gasteiger partial charge < -0.3 is 24.0 Å². The number of fused-ring (bicyclic) bond motifs is 12. The molecule has 0 fully saturated rings. The van der Waals surface area contributed by atoms with Gasteiger partial charge in [-0.15, -0.1) is 10.2 Å². The largest absolute Gasteiger partial charge is 0.333 e. The van der Waals surface area contributed by atoms with Crippen LogP contribution in [0.2, 0.25) is 0 Å². The molecule has 12 rings (SSSR count). The van der Waals surface area contributed by atoms with Gasteiger partial charge in [0.25, 0.3) is 23.6 Å². The summed E-state index contributed by atoms with van der Waals surface area (Å²) in [4.78, 5) is 65.0. The molecule has 8 aromatic rings. The van der Waals surface area contributed by atoms with Gasteiger partial charge in [-0.3, -0.25) is 28.0 Å². The van der Waals surface area contributed by atoms with Crippen molar-refractivity contribution in [3.63, 3.8) is 0 Å². The summed E-state index contributed by atoms with van der Waals surface area (Å²) in [5.74, 6) is 1.86. The van der Waals surface area contributed by atoms with Gasteiger partial charge in [0, 0.05) is 91.5 Å². The van der Waals surface area contributed by atoms with Crippen LogP contribution in [0.1, 0.15) is 139 Å². The highest BCUT2D eigenvalue weighted by molar-refractivity contribution is 5.99. The number of aryl methyl sites for hydroxylation is 6. The lowest BCUT2D eigenvalue weighted by Crippen LogP contribution is -2.24. The fourth-order valence-electron chi connectivity index (χ4n) is 9.72. The van der Waals surface area contributed by atoms with E-state index >= 15 is 0 Å². The highest BCUT2D eigenvalue weighted by atomic mass is 16.2. The molecule has 68 heavy (non-hydrogen) atoms. The van der Waals surface area contributed by atoms with E-state index < -0.39 is 0 Å². The van der Waals surface area contributed by atoms with Crippen LogP contribution in [-0.2, 0) is 26.2 Å². The summed E-state index contributed by atoms with van der Waals surface area (Å²) in [6, 6.07) is 16.0. The number of carbonyl (C=O) groups excluding carboxylic acids is 4. The van der Waals surface area contributed by atoms with Crippen LogP contribution < -0.4 is 0 Å². The van der Waals surface area contributed by atoms with E-state index in [1.54, 1.807) is 9.42 Å². The molecule has 354 valence electrons. The van der Waals surface area contributed by atoms with Crippen LogP contribution >= 0.6 is 0 Å². The Balaban J connectivity index is 0.000000122. The minimum absolute atomic E-state index is 0. The van der Waals surface area contributed by atoms with Crippen molar-refractivity contribution in [2.24, 2.45) is 0 Å². The summed E-state index contributed by atoms with van der Waals surface area (Å²) in [7, 11) is 0. The molecule has 0 saturated carbocycles. The van der Waals surface area contributed by atoms with Crippen LogP contribution in [-0.4, -0.2) is 112 Å². The number of carbonyl (C=O) groups is 4. The van der Waals surface area contributed by atoms with Crippen molar-refractivity contribution < 1.29 is 19.2 Å². The summed E-state index contributed by atoms with van der Waals surface area (Å²) in [5.41, 5.74) is 16.7. The summed E-state index contributed by atoms with van der Waals surface area (Å²) in [6.45, 7) is 27.8. The van der Waals surface area contributed by atoms with Gasteiger partial charge in [0.05, 0.1) is 5.69 Å². The molecular formula is C51H61N13O4. The van der Waals surface area contributed by atoms with Crippen molar-refractivity contribution in [2.45, 2.75) is 110 Å². The van der Waals surface area contributed by atoms with Crippen molar-refractivity contribution in [2.75, 3.05) is 26.2 Å². The summed E-state index contributed by atoms with van der Waals surface area (Å²) in [6.07, 6.45) is 0. The fraction of sp³-hybridized carbons (Fsp3) is 0.392. The Bertz CT molecular complexity index is 3350. The van der Waals surface area contributed by atoms with E-state index in [4.69, 9.17) is 0 Å². The molecule has 0 spiro atoms. The normalized spacial score (nSPS) is 14.6. The van der Waals surface area contributed by atoms with Crippen molar-refractivity contribution >= 4 is 46.1 Å². The maximum absolute atomic E-state index is 12.4. The Kier molecular flexibility index (Phi) is 12.5. The van der Waals surface area contributed by atoms with Gasteiger partial charge in [0.1, 0.15) is 40.1 Å². The molecule has 0 radical (unpaired) electrons. The van der Waals surface area contributed by atoms with Gasteiger partial charge in [-0.05, 0) is 112 Å². The van der Waals surface area contributed by atoms with Gasteiger partial charge in [0.15, 0.2) is 11.3 Å². The van der Waals surface area contributed by atoms with E-state index in [0.717, 1.165) is 118 Å². The molecule has 8 aromatic heterocycles. The lowest BCUT2D eigenvalue weighted by molar-refractivity contribution is 0.0773. The minimum atomic E-state index is 0. The van der Waals surface area contributed by atoms with Gasteiger partial charge in [-0.2, -0.15) is 5.10 Å². The van der Waals surface area contributed by atoms with Crippen molar-refractivity contribution in [3.8, 4) is 0 Å². The molecule has 17 nitrogen and oxygen atoms in total. The molecule has 12 heterocycles. The van der Waals surface area contributed by atoms with E-state index in [9.17, 15) is 19.2 Å². The smallest absolute Gasteiger partial charge is 0.273 e. The van der Waals surface area contributed by atoms with Crippen LogP contribution in [0.25, 0.3) is 22.5 Å². The molecule has 0 aromatic carbocycles. The second kappa shape index (κ2) is 18.0. The summed E-state index contributed by atoms with van der Waals surface area (Å²) in [5, 5.41) is 12.3. The molecule has 0 N–H and O–H groups in total. The molecule has 0 bridgehead atoms. The summed E-state index contributed by atoms with van der Waals surface area (Å²) >= 11 is 0. The van der Waals surface area contributed by atoms with E-state index in [1.807, 2.05) is 115 Å². The quantitative estimate of drug-likeness (QED) is 0.175. The van der Waals surface area contributed by atoms with E-state index in [1.165, 1.54) is 16.8 Å². The zero-order chi connectivity index (χ0) is 47.7. The highest BCUT2D eigenvalue weighted by Gasteiger charge is 2.33. The first-order valence-electron chi connectivity index (χ1n) is 23.1. The van der Waals surface area contributed by atoms with Crippen LogP contribution in [0.4, 0.5) is 0 Å². The molecule has 4 aliphatic heterocycles. The SMILES string of the molecule is C.CCN1Cc2ccc3c(C)c(C)c(C)n3c2C1=O.CCN1Cc2ccc3nc(C)c(C)n3c2C1=O.CCN1Cc2ccc3nc(C)nn3c2C1=O.CCN1Cc2ccc3nnc(C)n3c2C1=O. The van der Waals surface area contributed by atoms with E-state index in [2.05, 4.69) is 62.6 Å². The topological polar surface area (TPSA) is 163 Å². The van der Waals surface area contributed by atoms with Gasteiger partial charge in [-0.1, -0.05) is 31.7 Å². The third-order valence-electron chi connectivity index (χ3n) is 13.8. The molecule has 0 unspecified atom stereocenters. The average Bonchev–Trinajstić information content (AvgIpc) is 4.22. The molecule has 4 amide bonds. The third kappa shape index (κ3) is 7.44. The molecule has 0 saturated heterocycles. The number of pyridine rings is 4. The number of rotatable bonds is 4. The average molecular weight is 920 g/mol. The standard InChI is InChI=1S/C15H18N2O.C13H15N3O.2C11H12N4O.CH4/c1-5-16-8-12-6-7-13-10(3)9(2)11(4)17(13)14(12)15(16)18;1-4-15-7-10-5-6-11-14-8(2)9(3)16(11)12(10)13(15)17;1-3-14-6-8-4-5-9-13-12-7(2)15(9)10(8)11(14)16;1-3-14-6-8-4-5-9-12-7(2)13-15(9)10(8)11(14)16;/h6-7H,5,8H2,1-4H3;5-6H,4,7H2,1-3H3;2*4-5H,3,6H2,1-2H3;1H4. The Hall–Kier alpha value is -7.43. The number of imidazole rings is 1. The molecule has 17 heteroatoms. The zero-order valence-electron chi connectivity index (χ0n) is 40.2. The molecule has 0 atom stereocenters. The predicted molar refractivity (Wildman–Crippen MR) is 260 cm³/mol. The van der Waals surface area contributed by atoms with E-state index in [-0.39, 0.29) is 31.1 Å². The Morgan fingerprint density at radius 2 is 0.897 bits per heavy atom. The summed E-state index contributed by atoms with van der Waals surface area (Å²) < 4.78 is 7.62. The van der Waals surface area contributed by atoms with Crippen LogP contribution in [0.3, 0.4) is 0 Å². The second-order valence-electron chi connectivity index (χ2n) is 17.5. The maximum atomic E-state index is 12.4. The molecule has 0 aliphatic carbocycles. The lowest BCUT2D eigenvalue weighted by atomic mass is 10.1. The lowest BCUT2D eigenvalue weighted by Gasteiger charge is -2.11. The number of amides is 4. The third-order valence-corrected chi connectivity index (χ3v) is 13.8. The number of hydrogen-bond donors (Lipinski definition) is 0. The maximum Gasteiger partial charge on any atom is 0.273 e. The van der Waals surface area contributed by atoms with Crippen molar-refractivity contribution in [3.05, 3.63) is 133 Å². The minimum Gasteiger partial charge on any atom is -0.333 e. The van der Waals surface area contributed by atoms with Crippen LogP contribution in [0.5, 0.6) is 0 Å². The molecular weight excluding hydrogens is 859 g/mol.